The number of rotatable bonds is 7. The minimum atomic E-state index is 0.139. The normalized spacial score (nSPS) is 15.0. The highest BCUT2D eigenvalue weighted by atomic mass is 35.5. The number of ether oxygens (including phenoxy) is 1. The Bertz CT molecular complexity index is 306. The summed E-state index contributed by atoms with van der Waals surface area (Å²) in [6.45, 7) is 4.81. The van der Waals surface area contributed by atoms with E-state index in [4.69, 9.17) is 22.2 Å². The van der Waals surface area contributed by atoms with Crippen LogP contribution in [0.25, 0.3) is 0 Å². The second kappa shape index (κ2) is 7.25. The third-order valence-electron chi connectivity index (χ3n) is 2.50. The van der Waals surface area contributed by atoms with Crippen LogP contribution in [0.5, 0.6) is 0 Å². The molecule has 0 aliphatic heterocycles. The molecular weight excluding hydrogens is 244 g/mol. The van der Waals surface area contributed by atoms with Gasteiger partial charge in [-0.05, 0) is 25.5 Å². The second-order valence-corrected chi connectivity index (χ2v) is 5.38. The molecule has 2 unspecified atom stereocenters. The van der Waals surface area contributed by atoms with Crippen molar-refractivity contribution in [3.8, 4) is 0 Å². The first kappa shape index (κ1) is 13.9. The van der Waals surface area contributed by atoms with Gasteiger partial charge in [0, 0.05) is 17.9 Å². The van der Waals surface area contributed by atoms with E-state index in [2.05, 4.69) is 12.3 Å². The minimum absolute atomic E-state index is 0.139. The van der Waals surface area contributed by atoms with E-state index < -0.39 is 0 Å². The molecule has 2 atom stereocenters. The second-order valence-electron chi connectivity index (χ2n) is 3.59. The smallest absolute Gasteiger partial charge is 0.0931 e. The van der Waals surface area contributed by atoms with Gasteiger partial charge in [0.2, 0.25) is 0 Å². The monoisotopic (exact) mass is 262 g/mol. The molecule has 5 heteroatoms. The fourth-order valence-corrected chi connectivity index (χ4v) is 2.85. The molecule has 1 rings (SSSR count). The average Bonchev–Trinajstić information content (AvgIpc) is 2.69. The molecule has 3 N–H and O–H groups in total. The van der Waals surface area contributed by atoms with Crippen LogP contribution in [0.4, 0.5) is 0 Å². The zero-order valence-corrected chi connectivity index (χ0v) is 11.3. The van der Waals surface area contributed by atoms with E-state index in [-0.39, 0.29) is 12.1 Å². The lowest BCUT2D eigenvalue weighted by Crippen LogP contribution is -2.46. The van der Waals surface area contributed by atoms with Crippen molar-refractivity contribution in [3.63, 3.8) is 0 Å². The van der Waals surface area contributed by atoms with Gasteiger partial charge in [0.1, 0.15) is 0 Å². The molecule has 0 spiro atoms. The van der Waals surface area contributed by atoms with Gasteiger partial charge in [-0.2, -0.15) is 0 Å². The third kappa shape index (κ3) is 4.03. The van der Waals surface area contributed by atoms with Crippen molar-refractivity contribution in [2.75, 3.05) is 6.61 Å². The van der Waals surface area contributed by atoms with Crippen LogP contribution < -0.4 is 11.3 Å². The van der Waals surface area contributed by atoms with Crippen LogP contribution >= 0.6 is 22.9 Å². The largest absolute Gasteiger partial charge is 0.377 e. The number of nitrogens with one attached hydrogen (secondary N) is 1. The molecule has 0 radical (unpaired) electrons. The van der Waals surface area contributed by atoms with Gasteiger partial charge in [-0.3, -0.25) is 11.3 Å². The molecule has 0 aliphatic carbocycles. The van der Waals surface area contributed by atoms with Crippen LogP contribution in [0.15, 0.2) is 12.1 Å². The van der Waals surface area contributed by atoms with E-state index in [1.165, 1.54) is 4.88 Å². The molecule has 1 heterocycles. The van der Waals surface area contributed by atoms with E-state index >= 15 is 0 Å². The molecule has 1 aromatic rings. The predicted octanol–water partition coefficient (Wildman–Crippen LogP) is 2.59. The molecular formula is C11H19ClN2OS. The van der Waals surface area contributed by atoms with E-state index in [9.17, 15) is 0 Å². The Balaban J connectivity index is 2.59. The summed E-state index contributed by atoms with van der Waals surface area (Å²) in [5.41, 5.74) is 2.83. The van der Waals surface area contributed by atoms with Crippen molar-refractivity contribution >= 4 is 22.9 Å². The lowest BCUT2D eigenvalue weighted by Gasteiger charge is -2.25. The Labute approximate surface area is 106 Å². The van der Waals surface area contributed by atoms with Crippen molar-refractivity contribution in [1.29, 1.82) is 0 Å². The van der Waals surface area contributed by atoms with E-state index in [0.717, 1.165) is 17.2 Å². The molecule has 16 heavy (non-hydrogen) atoms. The van der Waals surface area contributed by atoms with Gasteiger partial charge >= 0.3 is 0 Å². The summed E-state index contributed by atoms with van der Waals surface area (Å²) < 4.78 is 6.47. The van der Waals surface area contributed by atoms with Gasteiger partial charge < -0.3 is 4.74 Å². The Morgan fingerprint density at radius 3 is 2.69 bits per heavy atom. The van der Waals surface area contributed by atoms with E-state index in [1.54, 1.807) is 11.3 Å². The lowest BCUT2D eigenvalue weighted by atomic mass is 10.0. The molecule has 0 saturated carbocycles. The van der Waals surface area contributed by atoms with E-state index in [0.29, 0.717) is 6.61 Å². The highest BCUT2D eigenvalue weighted by Gasteiger charge is 2.20. The van der Waals surface area contributed by atoms with Crippen LogP contribution in [0.3, 0.4) is 0 Å². The van der Waals surface area contributed by atoms with Gasteiger partial charge in [0.25, 0.3) is 0 Å². The topological polar surface area (TPSA) is 47.3 Å². The van der Waals surface area contributed by atoms with Crippen molar-refractivity contribution in [2.24, 2.45) is 5.84 Å². The SMILES string of the molecule is CCOC(CC)C(Cc1ccc(Cl)s1)NN. The summed E-state index contributed by atoms with van der Waals surface area (Å²) in [4.78, 5) is 1.23. The fourth-order valence-electron chi connectivity index (χ4n) is 1.71. The molecule has 1 aromatic heterocycles. The summed E-state index contributed by atoms with van der Waals surface area (Å²) >= 11 is 7.49. The molecule has 0 bridgehead atoms. The quantitative estimate of drug-likeness (QED) is 0.587. The highest BCUT2D eigenvalue weighted by molar-refractivity contribution is 7.16. The zero-order valence-electron chi connectivity index (χ0n) is 9.70. The zero-order chi connectivity index (χ0) is 12.0. The maximum atomic E-state index is 5.90. The maximum Gasteiger partial charge on any atom is 0.0931 e. The first-order valence-corrected chi connectivity index (χ1v) is 6.72. The van der Waals surface area contributed by atoms with Gasteiger partial charge in [-0.25, -0.2) is 0 Å². The Hall–Kier alpha value is -0.130. The summed E-state index contributed by atoms with van der Waals surface area (Å²) in [7, 11) is 0. The number of nitrogens with two attached hydrogens (primary N) is 1. The van der Waals surface area contributed by atoms with Crippen molar-refractivity contribution in [1.82, 2.24) is 5.43 Å². The first-order valence-electron chi connectivity index (χ1n) is 5.53. The van der Waals surface area contributed by atoms with Gasteiger partial charge in [0.15, 0.2) is 0 Å². The van der Waals surface area contributed by atoms with Gasteiger partial charge in [-0.15, -0.1) is 11.3 Å². The predicted molar refractivity (Wildman–Crippen MR) is 69.8 cm³/mol. The lowest BCUT2D eigenvalue weighted by molar-refractivity contribution is 0.0321. The van der Waals surface area contributed by atoms with E-state index in [1.807, 2.05) is 19.1 Å². The maximum absolute atomic E-state index is 5.90. The van der Waals surface area contributed by atoms with Crippen LogP contribution in [0, 0.1) is 0 Å². The standard InChI is InChI=1S/C11H19ClN2OS/c1-3-10(15-4-2)9(14-13)7-8-5-6-11(12)16-8/h5-6,9-10,14H,3-4,7,13H2,1-2H3. The molecule has 0 aromatic carbocycles. The van der Waals surface area contributed by atoms with Gasteiger partial charge in [-0.1, -0.05) is 18.5 Å². The van der Waals surface area contributed by atoms with Gasteiger partial charge in [0.05, 0.1) is 16.5 Å². The van der Waals surface area contributed by atoms with Crippen molar-refractivity contribution < 1.29 is 4.74 Å². The minimum Gasteiger partial charge on any atom is -0.377 e. The molecule has 92 valence electrons. The van der Waals surface area contributed by atoms with Crippen molar-refractivity contribution in [2.45, 2.75) is 38.8 Å². The summed E-state index contributed by atoms with van der Waals surface area (Å²) in [6.07, 6.45) is 1.95. The molecule has 0 fully saturated rings. The fraction of sp³-hybridized carbons (Fsp3) is 0.636. The summed E-state index contributed by atoms with van der Waals surface area (Å²) in [5, 5.41) is 0. The molecule has 3 nitrogen and oxygen atoms in total. The Kier molecular flexibility index (Phi) is 6.31. The van der Waals surface area contributed by atoms with Crippen LogP contribution in [-0.4, -0.2) is 18.8 Å². The number of thiophene rings is 1. The number of hydrogen-bond donors (Lipinski definition) is 2. The van der Waals surface area contributed by atoms with Crippen LogP contribution in [-0.2, 0) is 11.2 Å². The van der Waals surface area contributed by atoms with Crippen molar-refractivity contribution in [3.05, 3.63) is 21.3 Å². The third-order valence-corrected chi connectivity index (χ3v) is 3.75. The molecule has 0 saturated heterocycles. The average molecular weight is 263 g/mol. The number of hydrogen-bond acceptors (Lipinski definition) is 4. The molecule has 0 aliphatic rings. The molecule has 0 amide bonds. The number of hydrazine groups is 1. The first-order chi connectivity index (χ1) is 7.71. The number of halogens is 1. The van der Waals surface area contributed by atoms with Crippen LogP contribution in [0.1, 0.15) is 25.1 Å². The highest BCUT2D eigenvalue weighted by Crippen LogP contribution is 2.23. The van der Waals surface area contributed by atoms with Crippen LogP contribution in [0.2, 0.25) is 4.34 Å². The summed E-state index contributed by atoms with van der Waals surface area (Å²) in [5.74, 6) is 5.58. The Morgan fingerprint density at radius 1 is 1.50 bits per heavy atom. The Morgan fingerprint density at radius 2 is 2.25 bits per heavy atom. The summed E-state index contributed by atoms with van der Waals surface area (Å²) in [6, 6.07) is 4.09.